The Bertz CT molecular complexity index is 208. The molecule has 14 heavy (non-hydrogen) atoms. The Labute approximate surface area is 87.0 Å². The van der Waals surface area contributed by atoms with Crippen LogP contribution in [0.3, 0.4) is 0 Å². The fourth-order valence-corrected chi connectivity index (χ4v) is 2.00. The summed E-state index contributed by atoms with van der Waals surface area (Å²) < 4.78 is 0. The molecule has 2 heteroatoms. The summed E-state index contributed by atoms with van der Waals surface area (Å²) in [7, 11) is 0. The highest BCUT2D eigenvalue weighted by Gasteiger charge is 2.28. The van der Waals surface area contributed by atoms with E-state index in [0.29, 0.717) is 24.2 Å². The van der Waals surface area contributed by atoms with Gasteiger partial charge in [0.25, 0.3) is 0 Å². The first kappa shape index (κ1) is 11.3. The molecule has 1 atom stereocenters. The van der Waals surface area contributed by atoms with Gasteiger partial charge in [-0.1, -0.05) is 32.8 Å². The molecule has 1 fully saturated rings. The second kappa shape index (κ2) is 5.18. The number of likely N-dealkylation sites (tertiary alicyclic amines) is 1. The van der Waals surface area contributed by atoms with Crippen molar-refractivity contribution in [1.29, 1.82) is 0 Å². The second-order valence-electron chi connectivity index (χ2n) is 4.18. The van der Waals surface area contributed by atoms with Crippen molar-refractivity contribution in [3.05, 3.63) is 12.7 Å². The van der Waals surface area contributed by atoms with E-state index in [0.717, 1.165) is 13.1 Å². The molecule has 0 N–H and O–H groups in total. The van der Waals surface area contributed by atoms with Gasteiger partial charge in [0.15, 0.2) is 0 Å². The number of hydrogen-bond acceptors (Lipinski definition) is 1. The molecule has 1 unspecified atom stereocenters. The van der Waals surface area contributed by atoms with Gasteiger partial charge in [-0.15, -0.1) is 6.58 Å². The molecule has 0 radical (unpaired) electrons. The van der Waals surface area contributed by atoms with Crippen LogP contribution in [0.2, 0.25) is 0 Å². The first-order valence-electron chi connectivity index (χ1n) is 5.61. The molecule has 1 aliphatic heterocycles. The van der Waals surface area contributed by atoms with Gasteiger partial charge in [0, 0.05) is 25.4 Å². The molecule has 1 saturated heterocycles. The number of rotatable bonds is 5. The largest absolute Gasteiger partial charge is 0.342 e. The monoisotopic (exact) mass is 195 g/mol. The molecule has 0 aromatic carbocycles. The second-order valence-corrected chi connectivity index (χ2v) is 4.18. The van der Waals surface area contributed by atoms with Crippen molar-refractivity contribution in [2.45, 2.75) is 33.1 Å². The summed E-state index contributed by atoms with van der Waals surface area (Å²) in [5.74, 6) is 1.36. The van der Waals surface area contributed by atoms with Crippen molar-refractivity contribution in [2.24, 2.45) is 11.8 Å². The maximum Gasteiger partial charge on any atom is 0.223 e. The average molecular weight is 195 g/mol. The van der Waals surface area contributed by atoms with Crippen molar-refractivity contribution >= 4 is 5.91 Å². The van der Waals surface area contributed by atoms with Crippen LogP contribution in [0, 0.1) is 11.8 Å². The zero-order valence-corrected chi connectivity index (χ0v) is 9.33. The lowest BCUT2D eigenvalue weighted by Crippen LogP contribution is -2.30. The van der Waals surface area contributed by atoms with Crippen molar-refractivity contribution < 1.29 is 4.79 Å². The van der Waals surface area contributed by atoms with Crippen LogP contribution < -0.4 is 0 Å². The molecule has 0 aliphatic carbocycles. The van der Waals surface area contributed by atoms with Crippen LogP contribution >= 0.6 is 0 Å². The van der Waals surface area contributed by atoms with Crippen LogP contribution in [-0.4, -0.2) is 23.9 Å². The lowest BCUT2D eigenvalue weighted by Gasteiger charge is -2.21. The molecule has 0 saturated carbocycles. The summed E-state index contributed by atoms with van der Waals surface area (Å²) in [4.78, 5) is 13.6. The van der Waals surface area contributed by atoms with Gasteiger partial charge in [0.2, 0.25) is 5.91 Å². The topological polar surface area (TPSA) is 20.3 Å². The van der Waals surface area contributed by atoms with E-state index >= 15 is 0 Å². The molecule has 0 bridgehead atoms. The number of amides is 1. The minimum Gasteiger partial charge on any atom is -0.342 e. The van der Waals surface area contributed by atoms with E-state index in [-0.39, 0.29) is 0 Å². The molecule has 1 heterocycles. The van der Waals surface area contributed by atoms with E-state index < -0.39 is 0 Å². The van der Waals surface area contributed by atoms with Crippen LogP contribution in [0.1, 0.15) is 33.1 Å². The molecule has 1 rings (SSSR count). The standard InChI is InChI=1S/C12H21NO/c1-4-10(5-2)8-13-9-11(6-3)7-12(13)14/h6,10-11H,3-5,7-9H2,1-2H3. The van der Waals surface area contributed by atoms with E-state index in [1.54, 1.807) is 0 Å². The smallest absolute Gasteiger partial charge is 0.223 e. The molecule has 0 aromatic heterocycles. The number of carbonyl (C=O) groups is 1. The molecule has 0 spiro atoms. The summed E-state index contributed by atoms with van der Waals surface area (Å²) in [5.41, 5.74) is 0. The highest BCUT2D eigenvalue weighted by molar-refractivity contribution is 5.78. The minimum atomic E-state index is 0.307. The first-order chi connectivity index (χ1) is 6.71. The fourth-order valence-electron chi connectivity index (χ4n) is 2.00. The Hall–Kier alpha value is -0.790. The summed E-state index contributed by atoms with van der Waals surface area (Å²) in [6.45, 7) is 9.97. The van der Waals surface area contributed by atoms with Gasteiger partial charge < -0.3 is 4.90 Å². The maximum absolute atomic E-state index is 11.6. The van der Waals surface area contributed by atoms with Crippen molar-refractivity contribution in [3.63, 3.8) is 0 Å². The van der Waals surface area contributed by atoms with Crippen LogP contribution in [0.15, 0.2) is 12.7 Å². The Balaban J connectivity index is 2.45. The van der Waals surface area contributed by atoms with Crippen molar-refractivity contribution in [2.75, 3.05) is 13.1 Å². The van der Waals surface area contributed by atoms with E-state index in [2.05, 4.69) is 20.4 Å². The summed E-state index contributed by atoms with van der Waals surface area (Å²) in [6, 6.07) is 0. The molecular weight excluding hydrogens is 174 g/mol. The van der Waals surface area contributed by atoms with Gasteiger partial charge in [-0.05, 0) is 5.92 Å². The minimum absolute atomic E-state index is 0.307. The van der Waals surface area contributed by atoms with E-state index in [1.807, 2.05) is 11.0 Å². The molecular formula is C12H21NO. The predicted molar refractivity (Wildman–Crippen MR) is 59.0 cm³/mol. The molecule has 0 aromatic rings. The molecule has 1 amide bonds. The van der Waals surface area contributed by atoms with Crippen LogP contribution in [0.25, 0.3) is 0 Å². The van der Waals surface area contributed by atoms with E-state index in [1.165, 1.54) is 12.8 Å². The molecule has 2 nitrogen and oxygen atoms in total. The van der Waals surface area contributed by atoms with Gasteiger partial charge in [-0.25, -0.2) is 0 Å². The SMILES string of the molecule is C=CC1CC(=O)N(CC(CC)CC)C1. The zero-order chi connectivity index (χ0) is 10.6. The van der Waals surface area contributed by atoms with Crippen LogP contribution in [0.5, 0.6) is 0 Å². The van der Waals surface area contributed by atoms with E-state index in [9.17, 15) is 4.79 Å². The third kappa shape index (κ3) is 2.60. The van der Waals surface area contributed by atoms with Gasteiger partial charge in [-0.2, -0.15) is 0 Å². The number of carbonyl (C=O) groups excluding carboxylic acids is 1. The normalized spacial score (nSPS) is 22.1. The molecule has 80 valence electrons. The van der Waals surface area contributed by atoms with Gasteiger partial charge in [0.1, 0.15) is 0 Å². The highest BCUT2D eigenvalue weighted by atomic mass is 16.2. The fraction of sp³-hybridized carbons (Fsp3) is 0.750. The Kier molecular flexibility index (Phi) is 4.18. The summed E-state index contributed by atoms with van der Waals surface area (Å²) in [6.07, 6.45) is 4.91. The maximum atomic E-state index is 11.6. The number of nitrogens with zero attached hydrogens (tertiary/aromatic N) is 1. The Morgan fingerprint density at radius 3 is 2.64 bits per heavy atom. The summed E-state index contributed by atoms with van der Waals surface area (Å²) in [5, 5.41) is 0. The highest BCUT2D eigenvalue weighted by Crippen LogP contribution is 2.21. The quantitative estimate of drug-likeness (QED) is 0.617. The lowest BCUT2D eigenvalue weighted by atomic mass is 10.0. The Morgan fingerprint density at radius 2 is 2.21 bits per heavy atom. The predicted octanol–water partition coefficient (Wildman–Crippen LogP) is 2.46. The lowest BCUT2D eigenvalue weighted by molar-refractivity contribution is -0.128. The van der Waals surface area contributed by atoms with Gasteiger partial charge >= 0.3 is 0 Å². The third-order valence-corrected chi connectivity index (χ3v) is 3.21. The van der Waals surface area contributed by atoms with Crippen molar-refractivity contribution in [1.82, 2.24) is 4.90 Å². The van der Waals surface area contributed by atoms with Crippen molar-refractivity contribution in [3.8, 4) is 0 Å². The first-order valence-corrected chi connectivity index (χ1v) is 5.61. The average Bonchev–Trinajstić information content (AvgIpc) is 2.56. The van der Waals surface area contributed by atoms with E-state index in [4.69, 9.17) is 0 Å². The number of hydrogen-bond donors (Lipinski definition) is 0. The van der Waals surface area contributed by atoms with Crippen LogP contribution in [-0.2, 0) is 4.79 Å². The van der Waals surface area contributed by atoms with Gasteiger partial charge in [0.05, 0.1) is 0 Å². The summed E-state index contributed by atoms with van der Waals surface area (Å²) >= 11 is 0. The Morgan fingerprint density at radius 1 is 1.57 bits per heavy atom. The third-order valence-electron chi connectivity index (χ3n) is 3.21. The molecule has 1 aliphatic rings. The zero-order valence-electron chi connectivity index (χ0n) is 9.33. The van der Waals surface area contributed by atoms with Crippen LogP contribution in [0.4, 0.5) is 0 Å². The van der Waals surface area contributed by atoms with Gasteiger partial charge in [-0.3, -0.25) is 4.79 Å².